The summed E-state index contributed by atoms with van der Waals surface area (Å²) < 4.78 is 5.40. The first-order valence-corrected chi connectivity index (χ1v) is 11.5. The molecule has 0 aromatic carbocycles. The summed E-state index contributed by atoms with van der Waals surface area (Å²) in [6, 6.07) is -0.879. The molecule has 0 aromatic rings. The molecule has 0 spiro atoms. The van der Waals surface area contributed by atoms with E-state index in [1.165, 1.54) is 4.90 Å². The Morgan fingerprint density at radius 2 is 1.72 bits per heavy atom. The molecule has 2 rings (SSSR count). The predicted octanol–water partition coefficient (Wildman–Crippen LogP) is 2.80. The Kier molecular flexibility index (Phi) is 7.49. The zero-order chi connectivity index (χ0) is 24.6. The number of likely N-dealkylation sites (tertiary alicyclic amines) is 1. The molecule has 8 nitrogen and oxygen atoms in total. The SMILES string of the molecule is CC[C@@H]1C[C@]1(CC(=O)[C@@H]1C[C@@H](O)CN1C(=O)[C@@H](CC(=O)OC(C)(C)C)C(C)(C)C)C(=O)O. The van der Waals surface area contributed by atoms with Gasteiger partial charge in [-0.3, -0.25) is 19.2 Å². The summed E-state index contributed by atoms with van der Waals surface area (Å²) in [7, 11) is 0. The van der Waals surface area contributed by atoms with Gasteiger partial charge >= 0.3 is 11.9 Å². The first kappa shape index (κ1) is 26.3. The third kappa shape index (κ3) is 5.88. The van der Waals surface area contributed by atoms with Crippen LogP contribution < -0.4 is 0 Å². The van der Waals surface area contributed by atoms with Gasteiger partial charge in [-0.05, 0) is 38.5 Å². The van der Waals surface area contributed by atoms with Crippen LogP contribution in [-0.2, 0) is 23.9 Å². The number of carboxylic acids is 1. The number of ketones is 1. The van der Waals surface area contributed by atoms with E-state index >= 15 is 0 Å². The molecule has 2 fully saturated rings. The molecule has 32 heavy (non-hydrogen) atoms. The van der Waals surface area contributed by atoms with E-state index in [4.69, 9.17) is 4.74 Å². The van der Waals surface area contributed by atoms with E-state index in [2.05, 4.69) is 0 Å². The number of aliphatic hydroxyl groups excluding tert-OH is 1. The Labute approximate surface area is 190 Å². The zero-order valence-corrected chi connectivity index (χ0v) is 20.4. The molecule has 0 bridgehead atoms. The number of esters is 1. The summed E-state index contributed by atoms with van der Waals surface area (Å²) in [5, 5.41) is 19.9. The largest absolute Gasteiger partial charge is 0.481 e. The van der Waals surface area contributed by atoms with Crippen molar-refractivity contribution in [1.29, 1.82) is 0 Å². The lowest BCUT2D eigenvalue weighted by Crippen LogP contribution is -2.48. The highest BCUT2D eigenvalue weighted by molar-refractivity contribution is 5.95. The Morgan fingerprint density at radius 1 is 1.12 bits per heavy atom. The third-order valence-electron chi connectivity index (χ3n) is 6.71. The molecule has 1 saturated heterocycles. The number of ether oxygens (including phenoxy) is 1. The van der Waals surface area contributed by atoms with Crippen LogP contribution >= 0.6 is 0 Å². The number of hydrogen-bond acceptors (Lipinski definition) is 6. The van der Waals surface area contributed by atoms with Gasteiger partial charge in [0.15, 0.2) is 5.78 Å². The van der Waals surface area contributed by atoms with Crippen molar-refractivity contribution in [3.8, 4) is 0 Å². The molecule has 1 aliphatic heterocycles. The normalized spacial score (nSPS) is 28.9. The highest BCUT2D eigenvalue weighted by Gasteiger charge is 2.61. The van der Waals surface area contributed by atoms with Crippen LogP contribution in [0.5, 0.6) is 0 Å². The molecule has 5 atom stereocenters. The van der Waals surface area contributed by atoms with E-state index in [0.717, 1.165) is 0 Å². The van der Waals surface area contributed by atoms with Gasteiger partial charge < -0.3 is 19.8 Å². The fraction of sp³-hybridized carbons (Fsp3) is 0.833. The second kappa shape index (κ2) is 9.12. The van der Waals surface area contributed by atoms with Gasteiger partial charge in [0.25, 0.3) is 0 Å². The van der Waals surface area contributed by atoms with Gasteiger partial charge in [-0.1, -0.05) is 34.1 Å². The molecule has 182 valence electrons. The van der Waals surface area contributed by atoms with Crippen molar-refractivity contribution < 1.29 is 34.1 Å². The van der Waals surface area contributed by atoms with Crippen LogP contribution in [0, 0.1) is 22.7 Å². The van der Waals surface area contributed by atoms with Crippen LogP contribution in [0.1, 0.15) is 80.6 Å². The number of β-amino-alcohol motifs (C(OH)–C–C–N with tert-alkyl or cyclic N) is 1. The number of Topliss-reactive ketones (excluding diaryl/α,β-unsaturated/α-hetero) is 1. The molecule has 0 aromatic heterocycles. The maximum Gasteiger partial charge on any atom is 0.310 e. The molecule has 1 aliphatic carbocycles. The second-order valence-electron chi connectivity index (χ2n) is 11.5. The highest BCUT2D eigenvalue weighted by Crippen LogP contribution is 2.57. The van der Waals surface area contributed by atoms with Crippen LogP contribution in [0.4, 0.5) is 0 Å². The lowest BCUT2D eigenvalue weighted by molar-refractivity contribution is -0.161. The summed E-state index contributed by atoms with van der Waals surface area (Å²) in [6.07, 6.45) is 0.0739. The third-order valence-corrected chi connectivity index (χ3v) is 6.71. The lowest BCUT2D eigenvalue weighted by atomic mass is 9.77. The van der Waals surface area contributed by atoms with E-state index in [1.54, 1.807) is 20.8 Å². The molecular formula is C24H39NO7. The Balaban J connectivity index is 2.21. The average Bonchev–Trinajstić information content (AvgIpc) is 3.20. The summed E-state index contributed by atoms with van der Waals surface area (Å²) >= 11 is 0. The highest BCUT2D eigenvalue weighted by atomic mass is 16.6. The summed E-state index contributed by atoms with van der Waals surface area (Å²) in [5.74, 6) is -2.98. The molecule has 0 radical (unpaired) electrons. The van der Waals surface area contributed by atoms with Crippen molar-refractivity contribution in [2.75, 3.05) is 6.54 Å². The van der Waals surface area contributed by atoms with Gasteiger partial charge in [0.1, 0.15) is 5.60 Å². The van der Waals surface area contributed by atoms with Gasteiger partial charge in [-0.25, -0.2) is 0 Å². The Hall–Kier alpha value is -1.96. The van der Waals surface area contributed by atoms with Crippen LogP contribution in [-0.4, -0.2) is 63.0 Å². The first-order valence-electron chi connectivity index (χ1n) is 11.5. The van der Waals surface area contributed by atoms with Crippen LogP contribution in [0.2, 0.25) is 0 Å². The molecule has 8 heteroatoms. The van der Waals surface area contributed by atoms with E-state index in [0.29, 0.717) is 12.8 Å². The minimum atomic E-state index is -1.06. The number of aliphatic carboxylic acids is 1. The zero-order valence-electron chi connectivity index (χ0n) is 20.4. The number of carboxylic acid groups (broad SMARTS) is 1. The topological polar surface area (TPSA) is 121 Å². The van der Waals surface area contributed by atoms with E-state index in [9.17, 15) is 29.4 Å². The number of carbonyl (C=O) groups is 4. The molecule has 1 heterocycles. The number of amides is 1. The number of hydrogen-bond donors (Lipinski definition) is 2. The van der Waals surface area contributed by atoms with Crippen molar-refractivity contribution in [3.63, 3.8) is 0 Å². The number of carbonyl (C=O) groups excluding carboxylic acids is 3. The standard InChI is InChI=1S/C24H39NO7/c1-8-14-11-24(14,21(30)31)12-18(27)17-9-15(26)13-25(17)20(29)16(22(2,3)4)10-19(28)32-23(5,6)7/h14-17,26H,8-13H2,1-7H3,(H,30,31)/t14-,15-,16-,17+,24-/m1/s1. The Bertz CT molecular complexity index is 763. The van der Waals surface area contributed by atoms with Gasteiger partial charge in [-0.2, -0.15) is 0 Å². The lowest BCUT2D eigenvalue weighted by Gasteiger charge is -2.35. The van der Waals surface area contributed by atoms with E-state index in [1.807, 2.05) is 27.7 Å². The summed E-state index contributed by atoms with van der Waals surface area (Å²) in [4.78, 5) is 52.3. The first-order chi connectivity index (χ1) is 14.5. The van der Waals surface area contributed by atoms with E-state index in [-0.39, 0.29) is 43.4 Å². The van der Waals surface area contributed by atoms with Crippen molar-refractivity contribution in [3.05, 3.63) is 0 Å². The smallest absolute Gasteiger partial charge is 0.310 e. The molecule has 0 unspecified atom stereocenters. The second-order valence-corrected chi connectivity index (χ2v) is 11.5. The monoisotopic (exact) mass is 453 g/mol. The minimum Gasteiger partial charge on any atom is -0.481 e. The summed E-state index contributed by atoms with van der Waals surface area (Å²) in [6.45, 7) is 12.7. The number of nitrogens with zero attached hydrogens (tertiary/aromatic N) is 1. The molecule has 2 aliphatic rings. The van der Waals surface area contributed by atoms with Gasteiger partial charge in [0, 0.05) is 19.4 Å². The summed E-state index contributed by atoms with van der Waals surface area (Å²) in [5.41, 5.74) is -2.33. The quantitative estimate of drug-likeness (QED) is 0.542. The average molecular weight is 454 g/mol. The van der Waals surface area contributed by atoms with Crippen molar-refractivity contribution >= 4 is 23.6 Å². The van der Waals surface area contributed by atoms with Crippen molar-refractivity contribution in [2.45, 2.75) is 98.3 Å². The molecule has 2 N–H and O–H groups in total. The van der Waals surface area contributed by atoms with Crippen LogP contribution in [0.3, 0.4) is 0 Å². The maximum absolute atomic E-state index is 13.5. The van der Waals surface area contributed by atoms with Gasteiger partial charge in [0.2, 0.25) is 5.91 Å². The fourth-order valence-corrected chi connectivity index (χ4v) is 4.78. The minimum absolute atomic E-state index is 0.00653. The number of aliphatic hydroxyl groups is 1. The van der Waals surface area contributed by atoms with Gasteiger partial charge in [0.05, 0.1) is 29.9 Å². The van der Waals surface area contributed by atoms with Crippen LogP contribution in [0.15, 0.2) is 0 Å². The number of rotatable bonds is 8. The van der Waals surface area contributed by atoms with E-state index < -0.39 is 46.4 Å². The maximum atomic E-state index is 13.5. The van der Waals surface area contributed by atoms with Crippen LogP contribution in [0.25, 0.3) is 0 Å². The predicted molar refractivity (Wildman–Crippen MR) is 118 cm³/mol. The Morgan fingerprint density at radius 3 is 2.16 bits per heavy atom. The van der Waals surface area contributed by atoms with Crippen molar-refractivity contribution in [1.82, 2.24) is 4.90 Å². The molecule has 1 amide bonds. The fourth-order valence-electron chi connectivity index (χ4n) is 4.78. The molecular weight excluding hydrogens is 414 g/mol. The van der Waals surface area contributed by atoms with Gasteiger partial charge in [-0.15, -0.1) is 0 Å². The molecule has 1 saturated carbocycles. The van der Waals surface area contributed by atoms with Crippen molar-refractivity contribution in [2.24, 2.45) is 22.7 Å².